The first-order chi connectivity index (χ1) is 17.5. The predicted octanol–water partition coefficient (Wildman–Crippen LogP) is 2.24. The maximum absolute atomic E-state index is 15.0. The first kappa shape index (κ1) is 22.7. The number of carbonyl (C=O) groups is 2. The van der Waals surface area contributed by atoms with Crippen LogP contribution in [0.2, 0.25) is 0 Å². The molecule has 2 atom stereocenters. The van der Waals surface area contributed by atoms with Crippen LogP contribution in [0.1, 0.15) is 5.56 Å². The van der Waals surface area contributed by atoms with E-state index < -0.39 is 18.0 Å². The number of hydrogen-bond acceptors (Lipinski definition) is 7. The number of ether oxygens (including phenoxy) is 1. The second kappa shape index (κ2) is 9.03. The van der Waals surface area contributed by atoms with Gasteiger partial charge in [0.2, 0.25) is 5.96 Å². The summed E-state index contributed by atoms with van der Waals surface area (Å²) in [5, 5.41) is 0. The first-order valence-corrected chi connectivity index (χ1v) is 12.1. The average molecular weight is 491 g/mol. The van der Waals surface area contributed by atoms with Crippen molar-refractivity contribution in [1.29, 1.82) is 0 Å². The quantitative estimate of drug-likeness (QED) is 0.640. The van der Waals surface area contributed by atoms with Gasteiger partial charge in [-0.1, -0.05) is 42.5 Å². The van der Waals surface area contributed by atoms with Crippen LogP contribution in [0.4, 0.5) is 14.9 Å². The van der Waals surface area contributed by atoms with Gasteiger partial charge in [0.1, 0.15) is 5.82 Å². The third-order valence-electron chi connectivity index (χ3n) is 7.12. The van der Waals surface area contributed by atoms with E-state index in [1.54, 1.807) is 35.0 Å². The summed E-state index contributed by atoms with van der Waals surface area (Å²) in [6.45, 7) is 3.73. The molecular weight excluding hydrogens is 463 g/mol. The van der Waals surface area contributed by atoms with Gasteiger partial charge in [-0.25, -0.2) is 14.2 Å². The van der Waals surface area contributed by atoms with E-state index in [1.807, 2.05) is 36.5 Å². The predicted molar refractivity (Wildman–Crippen MR) is 132 cm³/mol. The molecule has 9 nitrogen and oxygen atoms in total. The van der Waals surface area contributed by atoms with E-state index in [9.17, 15) is 9.59 Å². The molecule has 2 fully saturated rings. The minimum Gasteiger partial charge on any atom is -0.379 e. The standard InChI is InChI=1S/C26H27FN6O3/c1-29-23-22(24(34)31(26(29)35)12-11-30-13-15-36-16-14-30)32-17-21(18-7-3-2-4-8-18)33(25(32)28-23)20-10-6-5-9-19(20)27/h2-10,17,22-23H,11-16H2,1H3. The van der Waals surface area contributed by atoms with Crippen LogP contribution in [-0.2, 0) is 9.53 Å². The van der Waals surface area contributed by atoms with Gasteiger partial charge in [-0.2, -0.15) is 0 Å². The number of amides is 3. The Kier molecular flexibility index (Phi) is 5.69. The van der Waals surface area contributed by atoms with Gasteiger partial charge in [0.15, 0.2) is 12.2 Å². The summed E-state index contributed by atoms with van der Waals surface area (Å²) >= 11 is 0. The summed E-state index contributed by atoms with van der Waals surface area (Å²) in [6.07, 6.45) is 1.15. The number of anilines is 1. The zero-order valence-corrected chi connectivity index (χ0v) is 20.0. The molecule has 0 spiro atoms. The van der Waals surface area contributed by atoms with E-state index in [2.05, 4.69) is 4.90 Å². The van der Waals surface area contributed by atoms with Crippen LogP contribution in [0, 0.1) is 5.82 Å². The fourth-order valence-corrected chi connectivity index (χ4v) is 5.19. The average Bonchev–Trinajstić information content (AvgIpc) is 3.45. The Bertz CT molecular complexity index is 1250. The number of fused-ring (bicyclic) bond motifs is 3. The van der Waals surface area contributed by atoms with Crippen LogP contribution in [0.3, 0.4) is 0 Å². The number of imide groups is 1. The van der Waals surface area contributed by atoms with E-state index >= 15 is 4.39 Å². The summed E-state index contributed by atoms with van der Waals surface area (Å²) in [4.78, 5) is 40.2. The number of aliphatic imine (C=N–C) groups is 1. The summed E-state index contributed by atoms with van der Waals surface area (Å²) in [6, 6.07) is 15.0. The van der Waals surface area contributed by atoms with Crippen LogP contribution in [-0.4, -0.2) is 96.1 Å². The largest absolute Gasteiger partial charge is 0.379 e. The summed E-state index contributed by atoms with van der Waals surface area (Å²) in [5.74, 6) is -0.271. The van der Waals surface area contributed by atoms with E-state index in [-0.39, 0.29) is 11.9 Å². The molecule has 0 aliphatic carbocycles. The van der Waals surface area contributed by atoms with Crippen LogP contribution in [0.5, 0.6) is 0 Å². The van der Waals surface area contributed by atoms with Gasteiger partial charge >= 0.3 is 6.03 Å². The van der Waals surface area contributed by atoms with Gasteiger partial charge in [0, 0.05) is 45.0 Å². The van der Waals surface area contributed by atoms with Crippen molar-refractivity contribution in [2.75, 3.05) is 51.3 Å². The monoisotopic (exact) mass is 490 g/mol. The number of morpholine rings is 1. The summed E-state index contributed by atoms with van der Waals surface area (Å²) in [5.41, 5.74) is 1.91. The Morgan fingerprint density at radius 1 is 1.00 bits per heavy atom. The van der Waals surface area contributed by atoms with Gasteiger partial charge in [0.05, 0.1) is 24.6 Å². The van der Waals surface area contributed by atoms with Gasteiger partial charge in [-0.15, -0.1) is 0 Å². The molecule has 2 unspecified atom stereocenters. The number of halogens is 1. The number of nitrogens with zero attached hydrogens (tertiary/aromatic N) is 6. The van der Waals surface area contributed by atoms with Gasteiger partial charge in [-0.05, 0) is 12.1 Å². The third-order valence-corrected chi connectivity index (χ3v) is 7.12. The first-order valence-electron chi connectivity index (χ1n) is 12.1. The number of carbonyl (C=O) groups excluding carboxylic acids is 2. The molecule has 4 heterocycles. The number of rotatable bonds is 5. The number of urea groups is 1. The van der Waals surface area contributed by atoms with E-state index in [4.69, 9.17) is 9.73 Å². The van der Waals surface area contributed by atoms with Crippen molar-refractivity contribution in [1.82, 2.24) is 19.6 Å². The molecule has 186 valence electrons. The molecule has 0 bridgehead atoms. The SMILES string of the molecule is CN1C(=O)N(CCN2CCOCC2)C(=O)C2C1N=C1N(c3ccccc3F)C(c3ccccc3)=CN12. The molecule has 4 aliphatic heterocycles. The van der Waals surface area contributed by atoms with Crippen molar-refractivity contribution >= 4 is 29.3 Å². The van der Waals surface area contributed by atoms with Crippen molar-refractivity contribution < 1.29 is 18.7 Å². The lowest BCUT2D eigenvalue weighted by molar-refractivity contribution is -0.136. The van der Waals surface area contributed by atoms with Gasteiger partial charge in [0.25, 0.3) is 5.91 Å². The lowest BCUT2D eigenvalue weighted by Gasteiger charge is -2.40. The second-order valence-electron chi connectivity index (χ2n) is 9.20. The number of guanidine groups is 1. The molecule has 3 amide bonds. The Labute approximate surface area is 208 Å². The van der Waals surface area contributed by atoms with E-state index in [0.29, 0.717) is 43.6 Å². The molecule has 2 saturated heterocycles. The molecule has 6 rings (SSSR count). The highest BCUT2D eigenvalue weighted by Gasteiger charge is 2.55. The lowest BCUT2D eigenvalue weighted by atomic mass is 10.1. The molecule has 10 heteroatoms. The number of likely N-dealkylation sites (N-methyl/N-ethyl adjacent to an activating group) is 1. The number of para-hydroxylation sites is 1. The molecule has 36 heavy (non-hydrogen) atoms. The van der Waals surface area contributed by atoms with Crippen molar-refractivity contribution in [3.05, 3.63) is 72.2 Å². The highest BCUT2D eigenvalue weighted by atomic mass is 19.1. The fraction of sp³-hybridized carbons (Fsp3) is 0.346. The van der Waals surface area contributed by atoms with Crippen LogP contribution >= 0.6 is 0 Å². The van der Waals surface area contributed by atoms with Crippen LogP contribution in [0.15, 0.2) is 65.8 Å². The number of hydrogen-bond donors (Lipinski definition) is 0. The Morgan fingerprint density at radius 3 is 2.47 bits per heavy atom. The highest BCUT2D eigenvalue weighted by Crippen LogP contribution is 2.40. The van der Waals surface area contributed by atoms with Crippen molar-refractivity contribution in [3.8, 4) is 0 Å². The van der Waals surface area contributed by atoms with Gasteiger partial charge < -0.3 is 9.64 Å². The molecule has 0 aromatic heterocycles. The molecular formula is C26H27FN6O3. The van der Waals surface area contributed by atoms with E-state index in [1.165, 1.54) is 15.9 Å². The fourth-order valence-electron chi connectivity index (χ4n) is 5.19. The van der Waals surface area contributed by atoms with Gasteiger partial charge in [-0.3, -0.25) is 24.4 Å². The van der Waals surface area contributed by atoms with Crippen molar-refractivity contribution in [3.63, 3.8) is 0 Å². The minimum absolute atomic E-state index is 0.292. The van der Waals surface area contributed by atoms with Crippen molar-refractivity contribution in [2.45, 2.75) is 12.2 Å². The zero-order valence-electron chi connectivity index (χ0n) is 20.0. The summed E-state index contributed by atoms with van der Waals surface area (Å²) < 4.78 is 20.4. The summed E-state index contributed by atoms with van der Waals surface area (Å²) in [7, 11) is 1.66. The van der Waals surface area contributed by atoms with Crippen LogP contribution < -0.4 is 4.90 Å². The van der Waals surface area contributed by atoms with Crippen LogP contribution in [0.25, 0.3) is 5.70 Å². The molecule has 0 radical (unpaired) electrons. The number of benzene rings is 2. The normalized spacial score (nSPS) is 24.2. The lowest BCUT2D eigenvalue weighted by Crippen LogP contribution is -2.65. The second-order valence-corrected chi connectivity index (χ2v) is 9.20. The maximum atomic E-state index is 15.0. The molecule has 4 aliphatic rings. The minimum atomic E-state index is -0.720. The highest BCUT2D eigenvalue weighted by molar-refractivity contribution is 6.16. The maximum Gasteiger partial charge on any atom is 0.328 e. The smallest absolute Gasteiger partial charge is 0.328 e. The Hall–Kier alpha value is -3.76. The molecule has 2 aromatic carbocycles. The third kappa shape index (κ3) is 3.64. The molecule has 0 saturated carbocycles. The Balaban J connectivity index is 1.35. The topological polar surface area (TPSA) is 71.9 Å². The molecule has 0 N–H and O–H groups in total. The Morgan fingerprint density at radius 2 is 1.72 bits per heavy atom. The zero-order chi connectivity index (χ0) is 24.8. The molecule has 2 aromatic rings. The van der Waals surface area contributed by atoms with Crippen molar-refractivity contribution in [2.24, 2.45) is 4.99 Å². The van der Waals surface area contributed by atoms with E-state index in [0.717, 1.165) is 18.7 Å².